The number of hydrogen-bond donors (Lipinski definition) is 1. The van der Waals surface area contributed by atoms with Crippen LogP contribution >= 0.6 is 0 Å². The molecular formula is C19H30N2O. The second kappa shape index (κ2) is 9.31. The Morgan fingerprint density at radius 2 is 1.77 bits per heavy atom. The Morgan fingerprint density at radius 3 is 2.27 bits per heavy atom. The summed E-state index contributed by atoms with van der Waals surface area (Å²) in [5, 5.41) is 3.44. The van der Waals surface area contributed by atoms with Gasteiger partial charge in [0.15, 0.2) is 0 Å². The monoisotopic (exact) mass is 302 g/mol. The van der Waals surface area contributed by atoms with Gasteiger partial charge in [-0.05, 0) is 31.5 Å². The Hall–Kier alpha value is -1.74. The molecule has 0 fully saturated rings. The first kappa shape index (κ1) is 18.3. The maximum absolute atomic E-state index is 6.03. The van der Waals surface area contributed by atoms with Crippen LogP contribution in [0.2, 0.25) is 0 Å². The first-order valence-electron chi connectivity index (χ1n) is 7.97. The van der Waals surface area contributed by atoms with Crippen LogP contribution in [-0.2, 0) is 6.54 Å². The first-order chi connectivity index (χ1) is 10.5. The van der Waals surface area contributed by atoms with Crippen LogP contribution in [-0.4, -0.2) is 25.2 Å². The summed E-state index contributed by atoms with van der Waals surface area (Å²) in [5.41, 5.74) is 2.31. The van der Waals surface area contributed by atoms with E-state index in [0.717, 1.165) is 31.1 Å². The van der Waals surface area contributed by atoms with E-state index in [1.165, 1.54) is 5.56 Å². The fourth-order valence-corrected chi connectivity index (χ4v) is 2.18. The van der Waals surface area contributed by atoms with E-state index in [4.69, 9.17) is 4.74 Å². The van der Waals surface area contributed by atoms with Crippen LogP contribution in [0.3, 0.4) is 0 Å². The number of rotatable bonds is 10. The molecule has 1 N–H and O–H groups in total. The molecule has 0 saturated carbocycles. The molecule has 0 aliphatic carbocycles. The molecule has 0 heterocycles. The predicted octanol–water partition coefficient (Wildman–Crippen LogP) is 4.15. The van der Waals surface area contributed by atoms with E-state index >= 15 is 0 Å². The number of anilines is 1. The SMILES string of the molecule is C=CCN(CC=C)c1ccc(CNC(C)C)cc1OC(C)C. The summed E-state index contributed by atoms with van der Waals surface area (Å²) in [5.74, 6) is 0.918. The van der Waals surface area contributed by atoms with E-state index in [0.29, 0.717) is 6.04 Å². The predicted molar refractivity (Wildman–Crippen MR) is 96.8 cm³/mol. The van der Waals surface area contributed by atoms with Gasteiger partial charge in [-0.25, -0.2) is 0 Å². The molecule has 0 atom stereocenters. The Kier molecular flexibility index (Phi) is 7.75. The van der Waals surface area contributed by atoms with Gasteiger partial charge < -0.3 is 15.0 Å². The molecule has 1 rings (SSSR count). The Balaban J connectivity index is 3.07. The van der Waals surface area contributed by atoms with Gasteiger partial charge in [-0.2, -0.15) is 0 Å². The minimum absolute atomic E-state index is 0.140. The van der Waals surface area contributed by atoms with E-state index in [-0.39, 0.29) is 6.10 Å². The van der Waals surface area contributed by atoms with Crippen molar-refractivity contribution in [1.82, 2.24) is 5.32 Å². The molecule has 22 heavy (non-hydrogen) atoms. The molecule has 0 amide bonds. The lowest BCUT2D eigenvalue weighted by Crippen LogP contribution is -2.25. The topological polar surface area (TPSA) is 24.5 Å². The zero-order valence-electron chi connectivity index (χ0n) is 14.4. The molecule has 122 valence electrons. The summed E-state index contributed by atoms with van der Waals surface area (Å²) < 4.78 is 6.03. The summed E-state index contributed by atoms with van der Waals surface area (Å²) in [4.78, 5) is 2.21. The van der Waals surface area contributed by atoms with Crippen molar-refractivity contribution in [2.45, 2.75) is 46.4 Å². The average molecular weight is 302 g/mol. The quantitative estimate of drug-likeness (QED) is 0.657. The average Bonchev–Trinajstić information content (AvgIpc) is 2.44. The summed E-state index contributed by atoms with van der Waals surface area (Å²) in [6.45, 7) is 18.5. The maximum Gasteiger partial charge on any atom is 0.143 e. The molecule has 3 heteroatoms. The van der Waals surface area contributed by atoms with Crippen molar-refractivity contribution in [3.8, 4) is 5.75 Å². The van der Waals surface area contributed by atoms with Crippen molar-refractivity contribution in [3.05, 3.63) is 49.1 Å². The first-order valence-corrected chi connectivity index (χ1v) is 7.97. The van der Waals surface area contributed by atoms with Gasteiger partial charge >= 0.3 is 0 Å². The van der Waals surface area contributed by atoms with Gasteiger partial charge in [0.25, 0.3) is 0 Å². The third-order valence-electron chi connectivity index (χ3n) is 3.14. The van der Waals surface area contributed by atoms with Gasteiger partial charge in [-0.15, -0.1) is 13.2 Å². The summed E-state index contributed by atoms with van der Waals surface area (Å²) in [6.07, 6.45) is 3.94. The molecule has 0 aliphatic rings. The molecule has 0 aromatic heterocycles. The number of nitrogens with zero attached hydrogens (tertiary/aromatic N) is 1. The lowest BCUT2D eigenvalue weighted by molar-refractivity contribution is 0.242. The standard InChI is InChI=1S/C19H30N2O/c1-7-11-21(12-8-2)18-10-9-17(14-20-15(3)4)13-19(18)22-16(5)6/h7-10,13,15-16,20H,1-2,11-12,14H2,3-6H3. The van der Waals surface area contributed by atoms with Gasteiger partial charge in [-0.3, -0.25) is 0 Å². The number of ether oxygens (including phenoxy) is 1. The fourth-order valence-electron chi connectivity index (χ4n) is 2.18. The van der Waals surface area contributed by atoms with Crippen LogP contribution in [0.5, 0.6) is 5.75 Å². The molecule has 1 aromatic rings. The molecule has 0 saturated heterocycles. The lowest BCUT2D eigenvalue weighted by Gasteiger charge is -2.26. The third kappa shape index (κ3) is 5.94. The number of benzene rings is 1. The highest BCUT2D eigenvalue weighted by molar-refractivity contribution is 5.60. The summed E-state index contributed by atoms with van der Waals surface area (Å²) >= 11 is 0. The van der Waals surface area contributed by atoms with Crippen LogP contribution in [0.4, 0.5) is 5.69 Å². The van der Waals surface area contributed by atoms with Crippen molar-refractivity contribution in [2.75, 3.05) is 18.0 Å². The maximum atomic E-state index is 6.03. The molecule has 0 spiro atoms. The number of nitrogens with one attached hydrogen (secondary N) is 1. The smallest absolute Gasteiger partial charge is 0.143 e. The van der Waals surface area contributed by atoms with E-state index in [2.05, 4.69) is 55.4 Å². The van der Waals surface area contributed by atoms with E-state index < -0.39 is 0 Å². The van der Waals surface area contributed by atoms with Crippen LogP contribution in [0.1, 0.15) is 33.3 Å². The lowest BCUT2D eigenvalue weighted by atomic mass is 10.1. The van der Waals surface area contributed by atoms with Crippen molar-refractivity contribution < 1.29 is 4.74 Å². The van der Waals surface area contributed by atoms with Crippen molar-refractivity contribution in [2.24, 2.45) is 0 Å². The molecule has 1 aromatic carbocycles. The van der Waals surface area contributed by atoms with E-state index in [1.807, 2.05) is 26.0 Å². The Labute approximate surface area is 135 Å². The molecular weight excluding hydrogens is 272 g/mol. The van der Waals surface area contributed by atoms with E-state index in [9.17, 15) is 0 Å². The fraction of sp³-hybridized carbons (Fsp3) is 0.474. The normalized spacial score (nSPS) is 10.8. The third-order valence-corrected chi connectivity index (χ3v) is 3.14. The molecule has 0 radical (unpaired) electrons. The largest absolute Gasteiger partial charge is 0.489 e. The summed E-state index contributed by atoms with van der Waals surface area (Å²) in [7, 11) is 0. The van der Waals surface area contributed by atoms with Crippen molar-refractivity contribution >= 4 is 5.69 Å². The van der Waals surface area contributed by atoms with Crippen molar-refractivity contribution in [1.29, 1.82) is 0 Å². The van der Waals surface area contributed by atoms with Crippen molar-refractivity contribution in [3.63, 3.8) is 0 Å². The molecule has 0 unspecified atom stereocenters. The zero-order valence-corrected chi connectivity index (χ0v) is 14.4. The minimum Gasteiger partial charge on any atom is -0.489 e. The van der Waals surface area contributed by atoms with Gasteiger partial charge in [0.1, 0.15) is 5.75 Å². The zero-order chi connectivity index (χ0) is 16.5. The van der Waals surface area contributed by atoms with Gasteiger partial charge in [0.2, 0.25) is 0 Å². The van der Waals surface area contributed by atoms with Crippen LogP contribution in [0.15, 0.2) is 43.5 Å². The Bertz CT molecular complexity index is 470. The van der Waals surface area contributed by atoms with Gasteiger partial charge in [0, 0.05) is 25.7 Å². The molecule has 3 nitrogen and oxygen atoms in total. The van der Waals surface area contributed by atoms with Crippen LogP contribution in [0, 0.1) is 0 Å². The summed E-state index contributed by atoms with van der Waals surface area (Å²) in [6, 6.07) is 6.87. The highest BCUT2D eigenvalue weighted by atomic mass is 16.5. The van der Waals surface area contributed by atoms with Crippen LogP contribution < -0.4 is 15.0 Å². The minimum atomic E-state index is 0.140. The van der Waals surface area contributed by atoms with Crippen LogP contribution in [0.25, 0.3) is 0 Å². The second-order valence-corrected chi connectivity index (χ2v) is 5.99. The second-order valence-electron chi connectivity index (χ2n) is 5.99. The van der Waals surface area contributed by atoms with Gasteiger partial charge in [0.05, 0.1) is 11.8 Å². The van der Waals surface area contributed by atoms with E-state index in [1.54, 1.807) is 0 Å². The molecule has 0 bridgehead atoms. The highest BCUT2D eigenvalue weighted by Gasteiger charge is 2.13. The Morgan fingerprint density at radius 1 is 1.14 bits per heavy atom. The molecule has 0 aliphatic heterocycles. The highest BCUT2D eigenvalue weighted by Crippen LogP contribution is 2.30. The number of hydrogen-bond acceptors (Lipinski definition) is 3. The van der Waals surface area contributed by atoms with Gasteiger partial charge in [-0.1, -0.05) is 32.1 Å².